The van der Waals surface area contributed by atoms with E-state index in [1.807, 2.05) is 24.3 Å². The molecular formula is C18H23N3OS2. The summed E-state index contributed by atoms with van der Waals surface area (Å²) in [7, 11) is 0. The Morgan fingerprint density at radius 1 is 1.21 bits per heavy atom. The maximum Gasteiger partial charge on any atom is 0.251 e. The summed E-state index contributed by atoms with van der Waals surface area (Å²) in [6.45, 7) is 4.37. The Morgan fingerprint density at radius 2 is 2.00 bits per heavy atom. The fourth-order valence-corrected chi connectivity index (χ4v) is 5.41. The highest BCUT2D eigenvalue weighted by molar-refractivity contribution is 8.13. The molecule has 1 atom stereocenters. The van der Waals surface area contributed by atoms with Crippen molar-refractivity contribution in [3.63, 3.8) is 0 Å². The summed E-state index contributed by atoms with van der Waals surface area (Å²) in [6, 6.07) is 8.26. The van der Waals surface area contributed by atoms with Crippen LogP contribution in [0.4, 0.5) is 0 Å². The van der Waals surface area contributed by atoms with Gasteiger partial charge in [-0.1, -0.05) is 6.08 Å². The number of piperidine rings is 1. The van der Waals surface area contributed by atoms with Crippen LogP contribution in [0, 0.1) is 5.92 Å². The van der Waals surface area contributed by atoms with E-state index in [-0.39, 0.29) is 5.91 Å². The van der Waals surface area contributed by atoms with Gasteiger partial charge in [0.25, 0.3) is 5.91 Å². The Kier molecular flexibility index (Phi) is 5.17. The van der Waals surface area contributed by atoms with Gasteiger partial charge in [-0.2, -0.15) is 3.71 Å². The average molecular weight is 362 g/mol. The van der Waals surface area contributed by atoms with Crippen molar-refractivity contribution in [3.8, 4) is 0 Å². The molecule has 2 bridgehead atoms. The lowest BCUT2D eigenvalue weighted by atomic mass is 9.94. The quantitative estimate of drug-likeness (QED) is 0.832. The lowest BCUT2D eigenvalue weighted by molar-refractivity contribution is 0.0928. The molecule has 4 nitrogen and oxygen atoms in total. The third-order valence-electron chi connectivity index (χ3n) is 4.99. The molecule has 4 aliphatic rings. The maximum absolute atomic E-state index is 12.6. The van der Waals surface area contributed by atoms with E-state index in [4.69, 9.17) is 0 Å². The molecule has 0 aliphatic carbocycles. The van der Waals surface area contributed by atoms with E-state index in [1.54, 1.807) is 23.9 Å². The zero-order valence-electron chi connectivity index (χ0n) is 13.7. The minimum absolute atomic E-state index is 0.0660. The Labute approximate surface area is 152 Å². The summed E-state index contributed by atoms with van der Waals surface area (Å²) in [4.78, 5) is 16.2. The van der Waals surface area contributed by atoms with Gasteiger partial charge in [-0.15, -0.1) is 0 Å². The molecule has 1 aromatic rings. The lowest BCUT2D eigenvalue weighted by Crippen LogP contribution is -2.41. The number of fused-ring (bicyclic) bond motifs is 4. The summed E-state index contributed by atoms with van der Waals surface area (Å²) in [6.07, 6.45) is 5.87. The summed E-state index contributed by atoms with van der Waals surface area (Å²) >= 11 is 3.43. The van der Waals surface area contributed by atoms with E-state index in [0.29, 0.717) is 6.04 Å². The van der Waals surface area contributed by atoms with Gasteiger partial charge in [-0.05, 0) is 91.8 Å². The van der Waals surface area contributed by atoms with Crippen LogP contribution in [0.2, 0.25) is 0 Å². The van der Waals surface area contributed by atoms with Crippen LogP contribution in [0.25, 0.3) is 0 Å². The first-order valence-electron chi connectivity index (χ1n) is 8.67. The third kappa shape index (κ3) is 3.99. The Hall–Kier alpha value is -0.950. The number of carbonyl (C=O) groups is 1. The van der Waals surface area contributed by atoms with Gasteiger partial charge in [0.1, 0.15) is 0 Å². The van der Waals surface area contributed by atoms with Gasteiger partial charge in [-0.25, -0.2) is 0 Å². The highest BCUT2D eigenvalue weighted by Crippen LogP contribution is 2.33. The second-order valence-electron chi connectivity index (χ2n) is 6.76. The molecule has 1 aromatic carbocycles. The number of nitrogens with one attached hydrogen (secondary N) is 1. The first-order chi connectivity index (χ1) is 11.8. The third-order valence-corrected chi connectivity index (χ3v) is 7.01. The van der Waals surface area contributed by atoms with Crippen molar-refractivity contribution in [2.24, 2.45) is 5.92 Å². The first-order valence-corrected chi connectivity index (χ1v) is 10.3. The minimum atomic E-state index is 0.0660. The van der Waals surface area contributed by atoms with E-state index in [1.165, 1.54) is 30.8 Å². The van der Waals surface area contributed by atoms with Crippen molar-refractivity contribution in [1.82, 2.24) is 13.9 Å². The number of carbonyl (C=O) groups excluding carboxylic acids is 1. The summed E-state index contributed by atoms with van der Waals surface area (Å²) in [5.41, 5.74) is 0.762. The molecule has 3 fully saturated rings. The number of amides is 1. The van der Waals surface area contributed by atoms with Gasteiger partial charge < -0.3 is 10.2 Å². The molecule has 24 heavy (non-hydrogen) atoms. The minimum Gasteiger partial charge on any atom is -0.348 e. The number of nitrogens with zero attached hydrogens (tertiary/aromatic N) is 2. The standard InChI is InChI=1S/C18H23N3OS2/c22-18(19-16-12-14-6-9-20(13-16)10-7-14)15-2-4-17(5-3-15)24-21-8-1-11-23-21/h1-5,11,14,16H,6-10,12-13H2,(H,19,22). The van der Waals surface area contributed by atoms with Gasteiger partial charge in [0.05, 0.1) is 0 Å². The van der Waals surface area contributed by atoms with Crippen LogP contribution < -0.4 is 5.32 Å². The van der Waals surface area contributed by atoms with E-state index >= 15 is 0 Å². The number of hydrogen-bond acceptors (Lipinski definition) is 5. The first kappa shape index (κ1) is 16.5. The van der Waals surface area contributed by atoms with Crippen LogP contribution in [-0.4, -0.2) is 46.7 Å². The molecule has 0 aromatic heterocycles. The summed E-state index contributed by atoms with van der Waals surface area (Å²) in [5, 5.41) is 5.36. The second-order valence-corrected chi connectivity index (χ2v) is 9.01. The van der Waals surface area contributed by atoms with Crippen molar-refractivity contribution in [2.75, 3.05) is 26.2 Å². The molecule has 1 N–H and O–H groups in total. The highest BCUT2D eigenvalue weighted by Gasteiger charge is 2.29. The van der Waals surface area contributed by atoms with Crippen molar-refractivity contribution in [1.29, 1.82) is 0 Å². The van der Waals surface area contributed by atoms with Crippen LogP contribution in [0.15, 0.2) is 40.6 Å². The van der Waals surface area contributed by atoms with E-state index in [2.05, 4.69) is 25.4 Å². The van der Waals surface area contributed by atoms with Crippen LogP contribution in [0.3, 0.4) is 0 Å². The Bertz CT molecular complexity index is 589. The normalized spacial score (nSPS) is 29.6. The fourth-order valence-electron chi connectivity index (χ4n) is 3.69. The van der Waals surface area contributed by atoms with E-state index in [9.17, 15) is 4.79 Å². The van der Waals surface area contributed by atoms with Crippen molar-refractivity contribution in [3.05, 3.63) is 41.3 Å². The van der Waals surface area contributed by atoms with Crippen molar-refractivity contribution < 1.29 is 4.79 Å². The molecule has 5 rings (SSSR count). The maximum atomic E-state index is 12.6. The van der Waals surface area contributed by atoms with Crippen LogP contribution >= 0.6 is 23.9 Å². The molecule has 4 aliphatic heterocycles. The highest BCUT2D eigenvalue weighted by atomic mass is 32.2. The lowest BCUT2D eigenvalue weighted by Gasteiger charge is -2.26. The predicted molar refractivity (Wildman–Crippen MR) is 101 cm³/mol. The number of benzene rings is 1. The number of hydrogen-bond donors (Lipinski definition) is 1. The molecule has 4 heterocycles. The zero-order valence-corrected chi connectivity index (χ0v) is 15.3. The van der Waals surface area contributed by atoms with Crippen molar-refractivity contribution in [2.45, 2.75) is 30.2 Å². The molecule has 0 radical (unpaired) electrons. The second kappa shape index (κ2) is 7.52. The summed E-state index contributed by atoms with van der Waals surface area (Å²) < 4.78 is 2.21. The van der Waals surface area contributed by atoms with Gasteiger partial charge in [0, 0.05) is 29.6 Å². The zero-order chi connectivity index (χ0) is 16.4. The molecule has 0 spiro atoms. The number of rotatable bonds is 4. The van der Waals surface area contributed by atoms with Crippen LogP contribution in [0.1, 0.15) is 29.6 Å². The van der Waals surface area contributed by atoms with Crippen LogP contribution in [0.5, 0.6) is 0 Å². The monoisotopic (exact) mass is 361 g/mol. The predicted octanol–water partition coefficient (Wildman–Crippen LogP) is 3.39. The fraction of sp³-hybridized carbons (Fsp3) is 0.500. The molecule has 1 unspecified atom stereocenters. The molecule has 1 amide bonds. The largest absolute Gasteiger partial charge is 0.348 e. The smallest absolute Gasteiger partial charge is 0.251 e. The average Bonchev–Trinajstić information content (AvgIpc) is 2.94. The molecule has 3 saturated heterocycles. The van der Waals surface area contributed by atoms with Gasteiger partial charge in [0.2, 0.25) is 0 Å². The van der Waals surface area contributed by atoms with E-state index < -0.39 is 0 Å². The SMILES string of the molecule is O=C(NC1CC2CCN(CC2)C1)c1ccc(SN2CC=CS2)cc1. The molecule has 128 valence electrons. The van der Waals surface area contributed by atoms with Crippen molar-refractivity contribution >= 4 is 29.8 Å². The Morgan fingerprint density at radius 3 is 2.71 bits per heavy atom. The Balaban J connectivity index is 1.34. The van der Waals surface area contributed by atoms with E-state index in [0.717, 1.165) is 31.0 Å². The molecular weight excluding hydrogens is 338 g/mol. The van der Waals surface area contributed by atoms with Crippen LogP contribution in [-0.2, 0) is 0 Å². The molecule has 0 saturated carbocycles. The van der Waals surface area contributed by atoms with Gasteiger partial charge >= 0.3 is 0 Å². The summed E-state index contributed by atoms with van der Waals surface area (Å²) in [5.74, 6) is 0.857. The molecule has 6 heteroatoms. The van der Waals surface area contributed by atoms with Gasteiger partial charge in [0.15, 0.2) is 0 Å². The van der Waals surface area contributed by atoms with Gasteiger partial charge in [-0.3, -0.25) is 4.79 Å². The topological polar surface area (TPSA) is 35.6 Å².